The Bertz CT molecular complexity index is 1260. The molecule has 0 bridgehead atoms. The number of carbonyl (C=O) groups excluding carboxylic acids is 3. The molecule has 0 unspecified atom stereocenters. The lowest BCUT2D eigenvalue weighted by atomic mass is 10.1. The van der Waals surface area contributed by atoms with Crippen molar-refractivity contribution in [1.82, 2.24) is 5.16 Å². The summed E-state index contributed by atoms with van der Waals surface area (Å²) in [5, 5.41) is 6.72. The third-order valence-corrected chi connectivity index (χ3v) is 6.42. The van der Waals surface area contributed by atoms with Crippen LogP contribution >= 0.6 is 11.3 Å². The van der Waals surface area contributed by atoms with E-state index in [-0.39, 0.29) is 40.5 Å². The number of anilines is 1. The lowest BCUT2D eigenvalue weighted by Gasteiger charge is -2.05. The molecule has 4 rings (SSSR count). The first kappa shape index (κ1) is 23.5. The van der Waals surface area contributed by atoms with Crippen LogP contribution in [0.15, 0.2) is 28.8 Å². The second kappa shape index (κ2) is 9.68. The fourth-order valence-corrected chi connectivity index (χ4v) is 4.79. The Morgan fingerprint density at radius 2 is 1.88 bits per heavy atom. The minimum Gasteiger partial charge on any atom is -0.490 e. The van der Waals surface area contributed by atoms with Gasteiger partial charge in [0.1, 0.15) is 21.7 Å². The number of hydrogen-bond acceptors (Lipinski definition) is 9. The summed E-state index contributed by atoms with van der Waals surface area (Å²) in [6.45, 7) is 7.30. The van der Waals surface area contributed by atoms with E-state index >= 15 is 0 Å². The van der Waals surface area contributed by atoms with Crippen molar-refractivity contribution >= 4 is 34.2 Å². The predicted molar refractivity (Wildman–Crippen MR) is 125 cm³/mol. The highest BCUT2D eigenvalue weighted by Crippen LogP contribution is 2.36. The van der Waals surface area contributed by atoms with Crippen LogP contribution in [-0.2, 0) is 15.9 Å². The van der Waals surface area contributed by atoms with Crippen LogP contribution in [0.1, 0.15) is 62.4 Å². The smallest absolute Gasteiger partial charge is 0.348 e. The van der Waals surface area contributed by atoms with E-state index in [2.05, 4.69) is 10.5 Å². The zero-order chi connectivity index (χ0) is 24.4. The average molecular weight is 485 g/mol. The van der Waals surface area contributed by atoms with Crippen molar-refractivity contribution < 1.29 is 33.1 Å². The van der Waals surface area contributed by atoms with Crippen molar-refractivity contribution in [2.75, 3.05) is 18.5 Å². The summed E-state index contributed by atoms with van der Waals surface area (Å²) in [6, 6.07) is 7.18. The lowest BCUT2D eigenvalue weighted by molar-refractivity contribution is 0.0527. The van der Waals surface area contributed by atoms with Gasteiger partial charge in [0.25, 0.3) is 5.91 Å². The normalized spacial score (nSPS) is 14.3. The summed E-state index contributed by atoms with van der Waals surface area (Å²) in [6.07, 6.45) is 0.908. The molecule has 34 heavy (non-hydrogen) atoms. The quantitative estimate of drug-likeness (QED) is 0.482. The summed E-state index contributed by atoms with van der Waals surface area (Å²) in [7, 11) is 0. The average Bonchev–Trinajstić information content (AvgIpc) is 3.50. The molecule has 1 N–H and O–H groups in total. The van der Waals surface area contributed by atoms with Crippen LogP contribution in [0.25, 0.3) is 11.3 Å². The van der Waals surface area contributed by atoms with E-state index in [4.69, 9.17) is 18.7 Å². The van der Waals surface area contributed by atoms with Gasteiger partial charge in [-0.05, 0) is 57.0 Å². The number of benzene rings is 1. The van der Waals surface area contributed by atoms with Gasteiger partial charge in [0, 0.05) is 18.1 Å². The fourth-order valence-electron chi connectivity index (χ4n) is 3.70. The van der Waals surface area contributed by atoms with E-state index in [9.17, 15) is 14.4 Å². The molecule has 3 aromatic rings. The number of amides is 1. The highest BCUT2D eigenvalue weighted by atomic mass is 32.1. The van der Waals surface area contributed by atoms with Crippen molar-refractivity contribution in [3.63, 3.8) is 0 Å². The zero-order valence-electron chi connectivity index (χ0n) is 19.2. The van der Waals surface area contributed by atoms with Crippen molar-refractivity contribution in [3.8, 4) is 17.1 Å². The molecule has 1 aromatic carbocycles. The molecule has 10 heteroatoms. The van der Waals surface area contributed by atoms with Crippen molar-refractivity contribution in [1.29, 1.82) is 0 Å². The minimum atomic E-state index is -0.641. The third kappa shape index (κ3) is 4.54. The van der Waals surface area contributed by atoms with E-state index in [1.807, 2.05) is 25.1 Å². The van der Waals surface area contributed by atoms with E-state index in [0.29, 0.717) is 11.3 Å². The van der Waals surface area contributed by atoms with Crippen molar-refractivity contribution in [3.05, 3.63) is 51.5 Å². The molecule has 1 aliphatic heterocycles. The molecule has 0 aliphatic carbocycles. The number of thiophene rings is 1. The van der Waals surface area contributed by atoms with Crippen molar-refractivity contribution in [2.45, 2.75) is 40.2 Å². The first-order valence-corrected chi connectivity index (χ1v) is 11.7. The van der Waals surface area contributed by atoms with Crippen LogP contribution in [0.5, 0.6) is 5.75 Å². The molecule has 1 aliphatic rings. The van der Waals surface area contributed by atoms with E-state index in [1.54, 1.807) is 20.8 Å². The molecule has 9 nitrogen and oxygen atoms in total. The summed E-state index contributed by atoms with van der Waals surface area (Å²) in [4.78, 5) is 38.0. The van der Waals surface area contributed by atoms with Gasteiger partial charge in [0.15, 0.2) is 11.5 Å². The predicted octanol–water partition coefficient (Wildman–Crippen LogP) is 4.64. The van der Waals surface area contributed by atoms with E-state index < -0.39 is 17.8 Å². The number of aromatic nitrogens is 1. The molecule has 0 radical (unpaired) electrons. The number of esters is 2. The monoisotopic (exact) mass is 484 g/mol. The zero-order valence-corrected chi connectivity index (χ0v) is 20.0. The van der Waals surface area contributed by atoms with Gasteiger partial charge >= 0.3 is 11.9 Å². The largest absolute Gasteiger partial charge is 0.490 e. The number of nitrogens with zero attached hydrogens (tertiary/aromatic N) is 1. The van der Waals surface area contributed by atoms with Crippen molar-refractivity contribution in [2.24, 2.45) is 0 Å². The molecule has 1 amide bonds. The van der Waals surface area contributed by atoms with Gasteiger partial charge in [-0.2, -0.15) is 0 Å². The second-order valence-electron chi connectivity index (χ2n) is 7.69. The van der Waals surface area contributed by atoms with Crippen LogP contribution in [0.2, 0.25) is 0 Å². The maximum absolute atomic E-state index is 12.9. The maximum atomic E-state index is 12.9. The highest BCUT2D eigenvalue weighted by molar-refractivity contribution is 7.18. The molecular weight excluding hydrogens is 460 g/mol. The highest BCUT2D eigenvalue weighted by Gasteiger charge is 2.28. The standard InChI is InChI=1S/C24H24N2O7S/c1-5-30-23(28)19-13(4)20(24(29)31-6-2)34-22(19)25-21(27)16-11-18(33-26-16)14-7-8-17-15(10-14)9-12(3)32-17/h7-8,10-12H,5-6,9H2,1-4H3,(H,25,27)/t12-/m1/s1. The van der Waals surface area contributed by atoms with Gasteiger partial charge in [0.2, 0.25) is 0 Å². The van der Waals surface area contributed by atoms with Crippen LogP contribution in [0, 0.1) is 6.92 Å². The number of ether oxygens (including phenoxy) is 3. The number of rotatable bonds is 7. The Morgan fingerprint density at radius 3 is 2.62 bits per heavy atom. The first-order valence-electron chi connectivity index (χ1n) is 10.9. The molecule has 0 fully saturated rings. The van der Waals surface area contributed by atoms with Gasteiger partial charge in [-0.25, -0.2) is 9.59 Å². The Hall–Kier alpha value is -3.66. The molecule has 0 saturated heterocycles. The molecule has 3 heterocycles. The molecule has 178 valence electrons. The van der Waals surface area contributed by atoms with Crippen LogP contribution in [0.4, 0.5) is 5.00 Å². The molecule has 0 spiro atoms. The minimum absolute atomic E-state index is 0.0265. The number of nitrogens with one attached hydrogen (secondary N) is 1. The van der Waals surface area contributed by atoms with E-state index in [1.165, 1.54) is 6.07 Å². The van der Waals surface area contributed by atoms with E-state index in [0.717, 1.165) is 34.6 Å². The fraction of sp³-hybridized carbons (Fsp3) is 0.333. The molecule has 0 saturated carbocycles. The van der Waals surface area contributed by atoms with Gasteiger partial charge in [-0.3, -0.25) is 4.79 Å². The Kier molecular flexibility index (Phi) is 6.69. The number of hydrogen-bond donors (Lipinski definition) is 1. The third-order valence-electron chi connectivity index (χ3n) is 5.24. The molecule has 1 atom stereocenters. The summed E-state index contributed by atoms with van der Waals surface area (Å²) >= 11 is 0.949. The Balaban J connectivity index is 1.59. The van der Waals surface area contributed by atoms with Crippen LogP contribution < -0.4 is 10.1 Å². The van der Waals surface area contributed by atoms with Crippen LogP contribution in [-0.4, -0.2) is 42.3 Å². The van der Waals surface area contributed by atoms with Gasteiger partial charge in [-0.15, -0.1) is 11.3 Å². The number of carbonyl (C=O) groups is 3. The summed E-state index contributed by atoms with van der Waals surface area (Å²) in [5.74, 6) is -0.541. The first-order chi connectivity index (χ1) is 16.3. The topological polar surface area (TPSA) is 117 Å². The Morgan fingerprint density at radius 1 is 1.15 bits per heavy atom. The maximum Gasteiger partial charge on any atom is 0.348 e. The van der Waals surface area contributed by atoms with Gasteiger partial charge in [0.05, 0.1) is 18.8 Å². The van der Waals surface area contributed by atoms with Gasteiger partial charge in [-0.1, -0.05) is 5.16 Å². The summed E-state index contributed by atoms with van der Waals surface area (Å²) in [5.41, 5.74) is 2.35. The SMILES string of the molecule is CCOC(=O)c1sc(NC(=O)c2cc(-c3ccc4c(c3)C[C@@H](C)O4)on2)c(C(=O)OCC)c1C. The molecular formula is C24H24N2O7S. The second-order valence-corrected chi connectivity index (χ2v) is 8.71. The number of fused-ring (bicyclic) bond motifs is 1. The summed E-state index contributed by atoms with van der Waals surface area (Å²) < 4.78 is 21.3. The Labute approximate surface area is 200 Å². The van der Waals surface area contributed by atoms with Crippen LogP contribution in [0.3, 0.4) is 0 Å². The van der Waals surface area contributed by atoms with Gasteiger partial charge < -0.3 is 24.1 Å². The molecule has 2 aromatic heterocycles. The lowest BCUT2D eigenvalue weighted by Crippen LogP contribution is -2.15.